The Kier molecular flexibility index (Phi) is 4.12. The van der Waals surface area contributed by atoms with Crippen LogP contribution in [0.5, 0.6) is 0 Å². The van der Waals surface area contributed by atoms with Gasteiger partial charge in [0.25, 0.3) is 0 Å². The number of nitrogens with one attached hydrogen (secondary N) is 1. The van der Waals surface area contributed by atoms with Crippen molar-refractivity contribution in [3.8, 4) is 0 Å². The molecule has 5 nitrogen and oxygen atoms in total. The molecule has 0 bridgehead atoms. The molecule has 1 aliphatic rings. The predicted molar refractivity (Wildman–Crippen MR) is 80.4 cm³/mol. The Morgan fingerprint density at radius 3 is 3.10 bits per heavy atom. The second kappa shape index (κ2) is 6.03. The van der Waals surface area contributed by atoms with Crippen molar-refractivity contribution in [2.75, 3.05) is 6.54 Å². The highest BCUT2D eigenvalue weighted by atomic mass is 35.5. The average Bonchev–Trinajstić information content (AvgIpc) is 3.04. The lowest BCUT2D eigenvalue weighted by Crippen LogP contribution is -2.28. The molecule has 2 heterocycles. The highest BCUT2D eigenvalue weighted by Gasteiger charge is 2.32. The Morgan fingerprint density at radius 2 is 2.29 bits per heavy atom. The van der Waals surface area contributed by atoms with E-state index < -0.39 is 5.97 Å². The second-order valence-electron chi connectivity index (χ2n) is 5.61. The first-order valence-corrected chi connectivity index (χ1v) is 7.58. The molecule has 1 saturated carbocycles. The molecule has 2 N–H and O–H groups in total. The van der Waals surface area contributed by atoms with Crippen LogP contribution in [0, 0.1) is 11.8 Å². The smallest absolute Gasteiger partial charge is 0.306 e. The Bertz CT molecular complexity index is 655. The van der Waals surface area contributed by atoms with Gasteiger partial charge in [-0.15, -0.1) is 0 Å². The minimum absolute atomic E-state index is 0.197. The van der Waals surface area contributed by atoms with Gasteiger partial charge in [0.2, 0.25) is 0 Å². The van der Waals surface area contributed by atoms with Gasteiger partial charge in [-0.2, -0.15) is 0 Å². The Labute approximate surface area is 127 Å². The van der Waals surface area contributed by atoms with Crippen LogP contribution >= 0.6 is 11.6 Å². The molecule has 0 aromatic carbocycles. The molecule has 2 aromatic heterocycles. The van der Waals surface area contributed by atoms with E-state index in [1.807, 2.05) is 28.9 Å². The van der Waals surface area contributed by atoms with Crippen LogP contribution in [0.15, 0.2) is 24.5 Å². The van der Waals surface area contributed by atoms with E-state index in [2.05, 4.69) is 10.3 Å². The standard InChI is InChI=1S/C15H18ClN3O2/c16-11-4-5-14-18-12(9-19(14)8-11)7-17-6-10-2-1-3-13(10)15(20)21/h4-5,8-10,13,17H,1-3,6-7H2,(H,20,21). The normalized spacial score (nSPS) is 22.0. The van der Waals surface area contributed by atoms with Crippen molar-refractivity contribution >= 4 is 23.2 Å². The van der Waals surface area contributed by atoms with Gasteiger partial charge in [-0.25, -0.2) is 4.98 Å². The molecule has 0 spiro atoms. The summed E-state index contributed by atoms with van der Waals surface area (Å²) in [5, 5.41) is 13.2. The first-order valence-electron chi connectivity index (χ1n) is 7.20. The lowest BCUT2D eigenvalue weighted by molar-refractivity contribution is -0.142. The molecule has 1 aliphatic carbocycles. The van der Waals surface area contributed by atoms with Gasteiger partial charge in [-0.1, -0.05) is 18.0 Å². The van der Waals surface area contributed by atoms with E-state index in [0.29, 0.717) is 11.6 Å². The second-order valence-corrected chi connectivity index (χ2v) is 6.05. The SMILES string of the molecule is O=C(O)C1CCCC1CNCc1cn2cc(Cl)ccc2n1. The molecular weight excluding hydrogens is 290 g/mol. The van der Waals surface area contributed by atoms with Gasteiger partial charge in [0.15, 0.2) is 0 Å². The van der Waals surface area contributed by atoms with Gasteiger partial charge in [0.1, 0.15) is 5.65 Å². The number of carboxylic acids is 1. The highest BCUT2D eigenvalue weighted by molar-refractivity contribution is 6.30. The number of carboxylic acid groups (broad SMARTS) is 1. The molecule has 2 atom stereocenters. The van der Waals surface area contributed by atoms with Crippen molar-refractivity contribution < 1.29 is 9.90 Å². The molecule has 1 fully saturated rings. The van der Waals surface area contributed by atoms with E-state index in [4.69, 9.17) is 16.7 Å². The number of aromatic nitrogens is 2. The number of nitrogens with zero attached hydrogens (tertiary/aromatic N) is 2. The number of carbonyl (C=O) groups is 1. The van der Waals surface area contributed by atoms with E-state index >= 15 is 0 Å². The minimum Gasteiger partial charge on any atom is -0.481 e. The van der Waals surface area contributed by atoms with Crippen LogP contribution in [-0.2, 0) is 11.3 Å². The number of rotatable bonds is 5. The number of hydrogen-bond donors (Lipinski definition) is 2. The van der Waals surface area contributed by atoms with E-state index in [1.54, 1.807) is 0 Å². The zero-order chi connectivity index (χ0) is 14.8. The third kappa shape index (κ3) is 3.19. The Balaban J connectivity index is 1.58. The number of imidazole rings is 1. The van der Waals surface area contributed by atoms with Crippen molar-refractivity contribution in [2.45, 2.75) is 25.8 Å². The number of halogens is 1. The number of hydrogen-bond acceptors (Lipinski definition) is 3. The zero-order valence-electron chi connectivity index (χ0n) is 11.6. The summed E-state index contributed by atoms with van der Waals surface area (Å²) >= 11 is 5.94. The first-order chi connectivity index (χ1) is 10.1. The van der Waals surface area contributed by atoms with Crippen LogP contribution in [-0.4, -0.2) is 27.0 Å². The molecular formula is C15H18ClN3O2. The molecule has 21 heavy (non-hydrogen) atoms. The van der Waals surface area contributed by atoms with Gasteiger partial charge in [0.05, 0.1) is 16.6 Å². The molecule has 2 aromatic rings. The average molecular weight is 308 g/mol. The topological polar surface area (TPSA) is 66.6 Å². The van der Waals surface area contributed by atoms with E-state index in [9.17, 15) is 4.79 Å². The maximum atomic E-state index is 11.1. The van der Waals surface area contributed by atoms with Gasteiger partial charge in [-0.3, -0.25) is 4.79 Å². The van der Waals surface area contributed by atoms with Crippen LogP contribution in [0.25, 0.3) is 5.65 Å². The molecule has 0 amide bonds. The fourth-order valence-electron chi connectivity index (χ4n) is 3.09. The summed E-state index contributed by atoms with van der Waals surface area (Å²) in [6.07, 6.45) is 6.57. The van der Waals surface area contributed by atoms with Crippen molar-refractivity contribution in [3.05, 3.63) is 35.2 Å². The molecule has 0 radical (unpaired) electrons. The monoisotopic (exact) mass is 307 g/mol. The summed E-state index contributed by atoms with van der Waals surface area (Å²) in [5.74, 6) is -0.631. The summed E-state index contributed by atoms with van der Waals surface area (Å²) < 4.78 is 1.90. The molecule has 112 valence electrons. The van der Waals surface area contributed by atoms with Crippen LogP contribution in [0.2, 0.25) is 5.02 Å². The van der Waals surface area contributed by atoms with Gasteiger partial charge < -0.3 is 14.8 Å². The molecule has 0 aliphatic heterocycles. The van der Waals surface area contributed by atoms with Crippen molar-refractivity contribution in [3.63, 3.8) is 0 Å². The molecule has 0 saturated heterocycles. The van der Waals surface area contributed by atoms with Crippen LogP contribution in [0.3, 0.4) is 0 Å². The third-order valence-electron chi connectivity index (χ3n) is 4.15. The molecule has 3 rings (SSSR count). The fourth-order valence-corrected chi connectivity index (χ4v) is 3.26. The maximum Gasteiger partial charge on any atom is 0.306 e. The lowest BCUT2D eigenvalue weighted by Gasteiger charge is -2.15. The summed E-state index contributed by atoms with van der Waals surface area (Å²) in [4.78, 5) is 15.6. The fraction of sp³-hybridized carbons (Fsp3) is 0.467. The van der Waals surface area contributed by atoms with Crippen molar-refractivity contribution in [2.24, 2.45) is 11.8 Å². The minimum atomic E-state index is -0.665. The predicted octanol–water partition coefficient (Wildman–Crippen LogP) is 2.58. The first kappa shape index (κ1) is 14.4. The largest absolute Gasteiger partial charge is 0.481 e. The summed E-state index contributed by atoms with van der Waals surface area (Å²) in [7, 11) is 0. The Morgan fingerprint density at radius 1 is 1.43 bits per heavy atom. The number of aliphatic carboxylic acids is 1. The van der Waals surface area contributed by atoms with Crippen molar-refractivity contribution in [1.82, 2.24) is 14.7 Å². The van der Waals surface area contributed by atoms with E-state index in [0.717, 1.165) is 37.1 Å². The third-order valence-corrected chi connectivity index (χ3v) is 4.38. The molecule has 2 unspecified atom stereocenters. The zero-order valence-corrected chi connectivity index (χ0v) is 12.4. The summed E-state index contributed by atoms with van der Waals surface area (Å²) in [6, 6.07) is 3.69. The van der Waals surface area contributed by atoms with Crippen LogP contribution in [0.4, 0.5) is 0 Å². The summed E-state index contributed by atoms with van der Waals surface area (Å²) in [6.45, 7) is 1.37. The summed E-state index contributed by atoms with van der Waals surface area (Å²) in [5.41, 5.74) is 1.79. The number of fused-ring (bicyclic) bond motifs is 1. The quantitative estimate of drug-likeness (QED) is 0.891. The van der Waals surface area contributed by atoms with Gasteiger partial charge in [-0.05, 0) is 37.4 Å². The molecule has 6 heteroatoms. The number of pyridine rings is 1. The van der Waals surface area contributed by atoms with Gasteiger partial charge >= 0.3 is 5.97 Å². The van der Waals surface area contributed by atoms with Crippen LogP contribution < -0.4 is 5.32 Å². The Hall–Kier alpha value is -1.59. The van der Waals surface area contributed by atoms with E-state index in [-0.39, 0.29) is 11.8 Å². The van der Waals surface area contributed by atoms with Crippen molar-refractivity contribution in [1.29, 1.82) is 0 Å². The lowest BCUT2D eigenvalue weighted by atomic mass is 9.96. The van der Waals surface area contributed by atoms with Crippen LogP contribution in [0.1, 0.15) is 25.0 Å². The highest BCUT2D eigenvalue weighted by Crippen LogP contribution is 2.31. The van der Waals surface area contributed by atoms with E-state index in [1.165, 1.54) is 0 Å². The maximum absolute atomic E-state index is 11.1. The van der Waals surface area contributed by atoms with Gasteiger partial charge in [0, 0.05) is 18.9 Å².